The first-order valence-corrected chi connectivity index (χ1v) is 20.5. The molecule has 0 amide bonds. The van der Waals surface area contributed by atoms with Gasteiger partial charge in [0.05, 0.1) is 16.6 Å². The Hall–Kier alpha value is -5.80. The summed E-state index contributed by atoms with van der Waals surface area (Å²) in [6.45, 7) is 16.5. The molecule has 0 N–H and O–H groups in total. The van der Waals surface area contributed by atoms with E-state index in [0.717, 1.165) is 40.5 Å². The highest BCUT2D eigenvalue weighted by atomic mass is 16.3. The highest BCUT2D eigenvalue weighted by Crippen LogP contribution is 2.42. The first-order chi connectivity index (χ1) is 27.2. The second-order valence-corrected chi connectivity index (χ2v) is 13.5. The van der Waals surface area contributed by atoms with Gasteiger partial charge in [-0.25, -0.2) is 0 Å². The molecule has 0 spiro atoms. The van der Waals surface area contributed by atoms with Gasteiger partial charge in [-0.3, -0.25) is 0 Å². The minimum atomic E-state index is 0.918. The summed E-state index contributed by atoms with van der Waals surface area (Å²) in [4.78, 5) is 0. The standard InChI is InChI=1S/C42H28N2O.2C3H8.2C2H6/c1-3-11-27(12-4-1)28-19-22-38-34(25-28)31-15-7-9-17-36(31)44(38)30-20-24-40-35(26-30)32-21-23-39-41(42(32)45-40)33-16-8-10-18-37(33)43(39)29-13-5-2-6-14-29;2*1-3-2;2*1-2/h1-7,9-15,17-26H,8,16H2;2*3H2,1-2H3;2*1-2H3. The Balaban J connectivity index is 0.000000473. The Kier molecular flexibility index (Phi) is 12.7. The van der Waals surface area contributed by atoms with Crippen LogP contribution in [0.5, 0.6) is 0 Å². The molecule has 1 aliphatic rings. The minimum absolute atomic E-state index is 0.918. The molecular weight excluding hydrogens is 669 g/mol. The molecule has 1 aliphatic carbocycles. The van der Waals surface area contributed by atoms with Crippen LogP contribution in [0.2, 0.25) is 0 Å². The number of aromatic nitrogens is 2. The molecule has 6 aromatic carbocycles. The normalized spacial score (nSPS) is 11.6. The molecule has 0 saturated heterocycles. The maximum Gasteiger partial charge on any atom is 0.145 e. The summed E-state index contributed by atoms with van der Waals surface area (Å²) in [6, 6.07) is 48.1. The average Bonchev–Trinajstić information content (AvgIpc) is 3.90. The molecule has 3 aromatic heterocycles. The van der Waals surface area contributed by atoms with Gasteiger partial charge in [0.15, 0.2) is 0 Å². The van der Waals surface area contributed by atoms with E-state index in [0.29, 0.717) is 0 Å². The molecule has 0 radical (unpaired) electrons. The number of hydrogen-bond acceptors (Lipinski definition) is 1. The monoisotopic (exact) mass is 724 g/mol. The number of hydrogen-bond donors (Lipinski definition) is 0. The van der Waals surface area contributed by atoms with E-state index in [1.807, 2.05) is 27.7 Å². The van der Waals surface area contributed by atoms with Gasteiger partial charge in [0.25, 0.3) is 0 Å². The summed E-state index contributed by atoms with van der Waals surface area (Å²) in [6.07, 6.45) is 9.12. The molecule has 55 heavy (non-hydrogen) atoms. The van der Waals surface area contributed by atoms with E-state index in [2.05, 4.69) is 182 Å². The van der Waals surface area contributed by atoms with Gasteiger partial charge in [0.2, 0.25) is 0 Å². The van der Waals surface area contributed by atoms with Crippen LogP contribution >= 0.6 is 0 Å². The molecule has 0 atom stereocenters. The molecule has 0 unspecified atom stereocenters. The van der Waals surface area contributed by atoms with Gasteiger partial charge < -0.3 is 13.6 Å². The molecule has 0 saturated carbocycles. The quantitative estimate of drug-likeness (QED) is 0.178. The summed E-state index contributed by atoms with van der Waals surface area (Å²) in [5, 5.41) is 6.05. The first kappa shape index (κ1) is 38.9. The maximum atomic E-state index is 6.75. The molecular formula is C52H56N2O. The number of para-hydroxylation sites is 2. The van der Waals surface area contributed by atoms with Crippen LogP contribution in [0.25, 0.3) is 83.2 Å². The van der Waals surface area contributed by atoms with Crippen LogP contribution in [0.4, 0.5) is 0 Å². The number of allylic oxidation sites excluding steroid dienone is 1. The fourth-order valence-electron chi connectivity index (χ4n) is 7.59. The Bertz CT molecular complexity index is 2670. The Labute approximate surface area is 327 Å². The number of furan rings is 1. The summed E-state index contributed by atoms with van der Waals surface area (Å²) >= 11 is 0. The van der Waals surface area contributed by atoms with Crippen LogP contribution < -0.4 is 0 Å². The van der Waals surface area contributed by atoms with Gasteiger partial charge in [0.1, 0.15) is 11.2 Å². The van der Waals surface area contributed by atoms with Crippen molar-refractivity contribution in [1.29, 1.82) is 0 Å². The zero-order valence-corrected chi connectivity index (χ0v) is 34.0. The maximum absolute atomic E-state index is 6.75. The lowest BCUT2D eigenvalue weighted by atomic mass is 9.99. The van der Waals surface area contributed by atoms with Crippen molar-refractivity contribution in [3.63, 3.8) is 0 Å². The van der Waals surface area contributed by atoms with E-state index in [-0.39, 0.29) is 0 Å². The van der Waals surface area contributed by atoms with E-state index < -0.39 is 0 Å². The van der Waals surface area contributed by atoms with Crippen LogP contribution in [0.1, 0.15) is 85.9 Å². The lowest BCUT2D eigenvalue weighted by molar-refractivity contribution is 0.672. The number of nitrogens with zero attached hydrogens (tertiary/aromatic N) is 2. The van der Waals surface area contributed by atoms with E-state index in [4.69, 9.17) is 4.42 Å². The van der Waals surface area contributed by atoms with Crippen LogP contribution in [0.3, 0.4) is 0 Å². The van der Waals surface area contributed by atoms with E-state index in [1.54, 1.807) is 0 Å². The summed E-state index contributed by atoms with van der Waals surface area (Å²) in [7, 11) is 0. The largest absolute Gasteiger partial charge is 0.455 e. The minimum Gasteiger partial charge on any atom is -0.455 e. The van der Waals surface area contributed by atoms with Crippen LogP contribution in [-0.2, 0) is 6.42 Å². The summed E-state index contributed by atoms with van der Waals surface area (Å²) in [5.41, 5.74) is 12.9. The third kappa shape index (κ3) is 7.24. The summed E-state index contributed by atoms with van der Waals surface area (Å²) in [5.74, 6) is 0. The van der Waals surface area contributed by atoms with Gasteiger partial charge in [-0.15, -0.1) is 0 Å². The Morgan fingerprint density at radius 1 is 0.509 bits per heavy atom. The van der Waals surface area contributed by atoms with E-state index >= 15 is 0 Å². The summed E-state index contributed by atoms with van der Waals surface area (Å²) < 4.78 is 11.5. The van der Waals surface area contributed by atoms with Gasteiger partial charge in [-0.2, -0.15) is 0 Å². The lowest BCUT2D eigenvalue weighted by Gasteiger charge is -2.11. The zero-order valence-electron chi connectivity index (χ0n) is 34.0. The van der Waals surface area contributed by atoms with Crippen molar-refractivity contribution in [2.75, 3.05) is 0 Å². The molecule has 3 heterocycles. The predicted molar refractivity (Wildman–Crippen MR) is 242 cm³/mol. The predicted octanol–water partition coefficient (Wildman–Crippen LogP) is 16.1. The number of benzene rings is 6. The number of rotatable bonds is 3. The Morgan fingerprint density at radius 3 is 1.87 bits per heavy atom. The van der Waals surface area contributed by atoms with Crippen LogP contribution in [0, 0.1) is 0 Å². The molecule has 0 bridgehead atoms. The smallest absolute Gasteiger partial charge is 0.145 e. The van der Waals surface area contributed by atoms with Crippen LogP contribution in [0.15, 0.2) is 144 Å². The lowest BCUT2D eigenvalue weighted by Crippen LogP contribution is -1.99. The number of fused-ring (bicyclic) bond motifs is 10. The highest BCUT2D eigenvalue weighted by Gasteiger charge is 2.23. The van der Waals surface area contributed by atoms with Crippen molar-refractivity contribution >= 4 is 60.7 Å². The third-order valence-corrected chi connectivity index (χ3v) is 9.58. The molecule has 10 rings (SSSR count). The molecule has 0 aliphatic heterocycles. The molecule has 3 nitrogen and oxygen atoms in total. The van der Waals surface area contributed by atoms with Crippen molar-refractivity contribution in [3.05, 3.63) is 151 Å². The van der Waals surface area contributed by atoms with Crippen molar-refractivity contribution in [1.82, 2.24) is 9.13 Å². The molecule has 3 heteroatoms. The van der Waals surface area contributed by atoms with Crippen molar-refractivity contribution < 1.29 is 4.42 Å². The van der Waals surface area contributed by atoms with Gasteiger partial charge >= 0.3 is 0 Å². The average molecular weight is 725 g/mol. The first-order valence-electron chi connectivity index (χ1n) is 20.5. The second kappa shape index (κ2) is 18.0. The fraction of sp³-hybridized carbons (Fsp3) is 0.231. The SMILES string of the molecule is C1=Cc2c(c3c4oc5ccc(-n6c7ccccc7c7cc(-c8ccccc8)ccc76)cc5c4ccc3n2-c2ccccc2)CC1.CC.CC.CCC.CCC. The van der Waals surface area contributed by atoms with Gasteiger partial charge in [-0.05, 0) is 96.3 Å². The fourth-order valence-corrected chi connectivity index (χ4v) is 7.59. The van der Waals surface area contributed by atoms with Crippen molar-refractivity contribution in [2.24, 2.45) is 0 Å². The van der Waals surface area contributed by atoms with E-state index in [9.17, 15) is 0 Å². The molecule has 9 aromatic rings. The van der Waals surface area contributed by atoms with Gasteiger partial charge in [-0.1, -0.05) is 147 Å². The zero-order chi connectivity index (χ0) is 38.9. The van der Waals surface area contributed by atoms with Crippen molar-refractivity contribution in [2.45, 2.75) is 81.1 Å². The second-order valence-electron chi connectivity index (χ2n) is 13.5. The molecule has 0 fully saturated rings. The van der Waals surface area contributed by atoms with Gasteiger partial charge in [0, 0.05) is 44.0 Å². The van der Waals surface area contributed by atoms with E-state index in [1.165, 1.54) is 73.6 Å². The topological polar surface area (TPSA) is 23.0 Å². The third-order valence-electron chi connectivity index (χ3n) is 9.58. The van der Waals surface area contributed by atoms with Crippen LogP contribution in [-0.4, -0.2) is 9.13 Å². The molecule has 280 valence electrons. The number of aryl methyl sites for hydroxylation is 1. The van der Waals surface area contributed by atoms with Crippen molar-refractivity contribution in [3.8, 4) is 22.5 Å². The Morgan fingerprint density at radius 2 is 1.15 bits per heavy atom. The highest BCUT2D eigenvalue weighted by molar-refractivity contribution is 6.17.